The van der Waals surface area contributed by atoms with E-state index in [2.05, 4.69) is 15.5 Å². The Hall–Kier alpha value is -1.88. The molecule has 1 atom stereocenters. The highest BCUT2D eigenvalue weighted by Crippen LogP contribution is 2.24. The summed E-state index contributed by atoms with van der Waals surface area (Å²) in [5.74, 6) is 1.45. The predicted octanol–water partition coefficient (Wildman–Crippen LogP) is 2.26. The van der Waals surface area contributed by atoms with Crippen LogP contribution in [0.15, 0.2) is 28.8 Å². The smallest absolute Gasteiger partial charge is 0.244 e. The molecule has 0 bridgehead atoms. The van der Waals surface area contributed by atoms with Gasteiger partial charge in [-0.3, -0.25) is 0 Å². The van der Waals surface area contributed by atoms with E-state index in [1.165, 1.54) is 12.8 Å². The molecule has 2 aromatic rings. The molecule has 1 aromatic heterocycles. The fourth-order valence-electron chi connectivity index (χ4n) is 2.17. The highest BCUT2D eigenvalue weighted by Gasteiger charge is 2.21. The summed E-state index contributed by atoms with van der Waals surface area (Å²) in [7, 11) is 0. The van der Waals surface area contributed by atoms with Crippen LogP contribution in [0.1, 0.15) is 31.2 Å². The highest BCUT2D eigenvalue weighted by molar-refractivity contribution is 5.55. The summed E-state index contributed by atoms with van der Waals surface area (Å²) >= 11 is 0. The first-order chi connectivity index (χ1) is 8.83. The number of nitrogens with one attached hydrogen (secondary N) is 1. The second kappa shape index (κ2) is 4.78. The van der Waals surface area contributed by atoms with Crippen LogP contribution in [-0.2, 0) is 0 Å². The van der Waals surface area contributed by atoms with Crippen LogP contribution >= 0.6 is 0 Å². The largest absolute Gasteiger partial charge is 0.508 e. The van der Waals surface area contributed by atoms with Crippen LogP contribution in [0.3, 0.4) is 0 Å². The van der Waals surface area contributed by atoms with Crippen LogP contribution in [0.5, 0.6) is 5.75 Å². The fraction of sp³-hybridized carbons (Fsp3) is 0.385. The number of piperidine rings is 1. The molecule has 2 heterocycles. The van der Waals surface area contributed by atoms with E-state index in [4.69, 9.17) is 4.52 Å². The summed E-state index contributed by atoms with van der Waals surface area (Å²) in [6.07, 6.45) is 3.43. The molecule has 0 spiro atoms. The van der Waals surface area contributed by atoms with Crippen molar-refractivity contribution in [1.82, 2.24) is 15.5 Å². The first-order valence-corrected chi connectivity index (χ1v) is 6.19. The molecule has 5 nitrogen and oxygen atoms in total. The molecular weight excluding hydrogens is 230 g/mol. The van der Waals surface area contributed by atoms with Crippen molar-refractivity contribution in [2.75, 3.05) is 6.54 Å². The first kappa shape index (κ1) is 11.2. The maximum Gasteiger partial charge on any atom is 0.244 e. The minimum absolute atomic E-state index is 0.178. The van der Waals surface area contributed by atoms with Crippen molar-refractivity contribution >= 4 is 0 Å². The third-order valence-electron chi connectivity index (χ3n) is 3.18. The average Bonchev–Trinajstić information content (AvgIpc) is 2.90. The Morgan fingerprint density at radius 3 is 2.78 bits per heavy atom. The third-order valence-corrected chi connectivity index (χ3v) is 3.18. The molecule has 1 aliphatic heterocycles. The Labute approximate surface area is 105 Å². The van der Waals surface area contributed by atoms with Gasteiger partial charge in [0.1, 0.15) is 5.75 Å². The molecule has 1 fully saturated rings. The molecule has 0 unspecified atom stereocenters. The average molecular weight is 245 g/mol. The summed E-state index contributed by atoms with van der Waals surface area (Å²) in [6.45, 7) is 1.00. The summed E-state index contributed by atoms with van der Waals surface area (Å²) in [5, 5.41) is 16.6. The minimum atomic E-state index is 0.178. The SMILES string of the molecule is Oc1ccc(-c2noc([C@@H]3CCCCN3)n2)cc1. The molecule has 18 heavy (non-hydrogen) atoms. The van der Waals surface area contributed by atoms with Crippen molar-refractivity contribution < 1.29 is 9.63 Å². The predicted molar refractivity (Wildman–Crippen MR) is 66.0 cm³/mol. The van der Waals surface area contributed by atoms with Crippen LogP contribution in [0, 0.1) is 0 Å². The van der Waals surface area contributed by atoms with E-state index in [-0.39, 0.29) is 11.8 Å². The maximum absolute atomic E-state index is 9.24. The van der Waals surface area contributed by atoms with Crippen LogP contribution in [-0.4, -0.2) is 21.8 Å². The van der Waals surface area contributed by atoms with Gasteiger partial charge >= 0.3 is 0 Å². The number of rotatable bonds is 2. The second-order valence-corrected chi connectivity index (χ2v) is 4.51. The third kappa shape index (κ3) is 2.22. The van der Waals surface area contributed by atoms with Crippen molar-refractivity contribution in [1.29, 1.82) is 0 Å². The lowest BCUT2D eigenvalue weighted by atomic mass is 10.1. The number of nitrogens with zero attached hydrogens (tertiary/aromatic N) is 2. The van der Waals surface area contributed by atoms with Crippen molar-refractivity contribution in [3.8, 4) is 17.1 Å². The summed E-state index contributed by atoms with van der Waals surface area (Å²) in [6, 6.07) is 6.96. The van der Waals surface area contributed by atoms with Crippen molar-refractivity contribution in [3.05, 3.63) is 30.2 Å². The van der Waals surface area contributed by atoms with E-state index < -0.39 is 0 Å². The van der Waals surface area contributed by atoms with Crippen molar-refractivity contribution in [3.63, 3.8) is 0 Å². The molecule has 1 aromatic carbocycles. The zero-order valence-electron chi connectivity index (χ0n) is 9.97. The topological polar surface area (TPSA) is 71.2 Å². The highest BCUT2D eigenvalue weighted by atomic mass is 16.5. The Morgan fingerprint density at radius 2 is 2.06 bits per heavy atom. The van der Waals surface area contributed by atoms with Crippen LogP contribution in [0.4, 0.5) is 0 Å². The molecule has 2 N–H and O–H groups in total. The number of phenolic OH excluding ortho intramolecular Hbond substituents is 1. The minimum Gasteiger partial charge on any atom is -0.508 e. The Kier molecular flexibility index (Phi) is 2.98. The lowest BCUT2D eigenvalue weighted by molar-refractivity contribution is 0.297. The van der Waals surface area contributed by atoms with Gasteiger partial charge in [-0.15, -0.1) is 0 Å². The van der Waals surface area contributed by atoms with E-state index in [1.54, 1.807) is 24.3 Å². The second-order valence-electron chi connectivity index (χ2n) is 4.51. The number of benzene rings is 1. The molecule has 0 aliphatic carbocycles. The van der Waals surface area contributed by atoms with Gasteiger partial charge in [-0.05, 0) is 43.7 Å². The molecule has 0 saturated carbocycles. The van der Waals surface area contributed by atoms with Crippen LogP contribution < -0.4 is 5.32 Å². The maximum atomic E-state index is 9.24. The van der Waals surface area contributed by atoms with Gasteiger partial charge in [-0.2, -0.15) is 4.98 Å². The molecule has 1 saturated heterocycles. The lowest BCUT2D eigenvalue weighted by Crippen LogP contribution is -2.26. The van der Waals surface area contributed by atoms with Crippen molar-refractivity contribution in [2.24, 2.45) is 0 Å². The number of phenols is 1. The Balaban J connectivity index is 1.82. The number of hydrogen-bond acceptors (Lipinski definition) is 5. The lowest BCUT2D eigenvalue weighted by Gasteiger charge is -2.19. The molecule has 5 heteroatoms. The monoisotopic (exact) mass is 245 g/mol. The van der Waals surface area contributed by atoms with Gasteiger partial charge < -0.3 is 14.9 Å². The standard InChI is InChI=1S/C13H15N3O2/c17-10-6-4-9(5-7-10)12-15-13(18-16-12)11-3-1-2-8-14-11/h4-7,11,14,17H,1-3,8H2/t11-/m0/s1. The quantitative estimate of drug-likeness (QED) is 0.849. The molecule has 0 radical (unpaired) electrons. The molecular formula is C13H15N3O2. The number of hydrogen-bond donors (Lipinski definition) is 2. The van der Waals surface area contributed by atoms with Gasteiger partial charge in [0.25, 0.3) is 0 Å². The van der Waals surface area contributed by atoms with Gasteiger partial charge in [0.15, 0.2) is 0 Å². The summed E-state index contributed by atoms with van der Waals surface area (Å²) in [5.41, 5.74) is 0.846. The van der Waals surface area contributed by atoms with Crippen molar-refractivity contribution in [2.45, 2.75) is 25.3 Å². The van der Waals surface area contributed by atoms with Gasteiger partial charge in [0.05, 0.1) is 6.04 Å². The van der Waals surface area contributed by atoms with Gasteiger partial charge in [0, 0.05) is 5.56 Å². The van der Waals surface area contributed by atoms with E-state index in [0.717, 1.165) is 18.5 Å². The van der Waals surface area contributed by atoms with E-state index in [1.807, 2.05) is 0 Å². The summed E-state index contributed by atoms with van der Waals surface area (Å²) < 4.78 is 5.30. The van der Waals surface area contributed by atoms with E-state index >= 15 is 0 Å². The summed E-state index contributed by atoms with van der Waals surface area (Å²) in [4.78, 5) is 4.41. The van der Waals surface area contributed by atoms with Gasteiger partial charge in [-0.1, -0.05) is 11.6 Å². The number of aromatic hydroxyl groups is 1. The normalized spacial score (nSPS) is 19.9. The van der Waals surface area contributed by atoms with E-state index in [0.29, 0.717) is 11.7 Å². The van der Waals surface area contributed by atoms with E-state index in [9.17, 15) is 5.11 Å². The van der Waals surface area contributed by atoms with Gasteiger partial charge in [0.2, 0.25) is 11.7 Å². The Morgan fingerprint density at radius 1 is 1.22 bits per heavy atom. The molecule has 0 amide bonds. The molecule has 1 aliphatic rings. The molecule has 94 valence electrons. The zero-order chi connectivity index (χ0) is 12.4. The fourth-order valence-corrected chi connectivity index (χ4v) is 2.17. The van der Waals surface area contributed by atoms with Gasteiger partial charge in [-0.25, -0.2) is 0 Å². The Bertz CT molecular complexity index is 515. The first-order valence-electron chi connectivity index (χ1n) is 6.19. The zero-order valence-corrected chi connectivity index (χ0v) is 9.97. The van der Waals surface area contributed by atoms with Crippen LogP contribution in [0.2, 0.25) is 0 Å². The number of aromatic nitrogens is 2. The van der Waals surface area contributed by atoms with Crippen LogP contribution in [0.25, 0.3) is 11.4 Å². The molecule has 3 rings (SSSR count).